The van der Waals surface area contributed by atoms with Gasteiger partial charge in [0, 0.05) is 24.4 Å². The summed E-state index contributed by atoms with van der Waals surface area (Å²) in [6.07, 6.45) is 1.36. The van der Waals surface area contributed by atoms with Crippen molar-refractivity contribution in [1.29, 1.82) is 0 Å². The van der Waals surface area contributed by atoms with Crippen LogP contribution < -0.4 is 10.1 Å². The predicted octanol–water partition coefficient (Wildman–Crippen LogP) is 6.37. The Balaban J connectivity index is 1.47. The molecule has 0 aliphatic rings. The second kappa shape index (κ2) is 14.7. The molecule has 4 aromatic rings. The highest BCUT2D eigenvalue weighted by atomic mass is 32.1. The lowest BCUT2D eigenvalue weighted by molar-refractivity contribution is 0.0180. The lowest BCUT2D eigenvalue weighted by atomic mass is 10.1. The topological polar surface area (TPSA) is 78.9 Å². The van der Waals surface area contributed by atoms with Gasteiger partial charge in [-0.05, 0) is 54.4 Å². The average Bonchev–Trinajstić information content (AvgIpc) is 3.37. The molecule has 0 atom stereocenters. The minimum absolute atomic E-state index is 0.298. The molecule has 1 amide bonds. The molecule has 4 rings (SSSR count). The van der Waals surface area contributed by atoms with Crippen LogP contribution in [0.1, 0.15) is 29.3 Å². The second-order valence-corrected chi connectivity index (χ2v) is 9.80. The molecule has 0 unspecified atom stereocenters. The maximum atomic E-state index is 14.1. The van der Waals surface area contributed by atoms with Crippen LogP contribution in [-0.4, -0.2) is 57.6 Å². The first-order valence-corrected chi connectivity index (χ1v) is 13.8. The number of anilines is 1. The monoisotopic (exact) mass is 552 g/mol. The van der Waals surface area contributed by atoms with Crippen molar-refractivity contribution in [3.8, 4) is 16.3 Å². The van der Waals surface area contributed by atoms with E-state index in [1.807, 2.05) is 43.3 Å². The maximum absolute atomic E-state index is 14.1. The van der Waals surface area contributed by atoms with Crippen LogP contribution in [-0.2, 0) is 20.6 Å². The van der Waals surface area contributed by atoms with Gasteiger partial charge in [-0.15, -0.1) is 11.3 Å². The highest BCUT2D eigenvalue weighted by molar-refractivity contribution is 7.21. The third-order valence-electron chi connectivity index (χ3n) is 5.88. The number of hydrogen-bond acceptors (Lipinski definition) is 7. The van der Waals surface area contributed by atoms with Gasteiger partial charge in [0.25, 0.3) is 5.91 Å². The molecule has 1 heterocycles. The van der Waals surface area contributed by atoms with Crippen molar-refractivity contribution < 1.29 is 28.1 Å². The SMILES string of the molecule is CCCc1cc(C(=O)Nc2ccc(-c3nc4ccccc4s3)c(OCCOCCOCCOC)c2)ccc1F. The summed E-state index contributed by atoms with van der Waals surface area (Å²) in [5.41, 5.74) is 3.23. The van der Waals surface area contributed by atoms with E-state index >= 15 is 0 Å². The highest BCUT2D eigenvalue weighted by Gasteiger charge is 2.15. The predicted molar refractivity (Wildman–Crippen MR) is 152 cm³/mol. The molecule has 0 saturated carbocycles. The van der Waals surface area contributed by atoms with E-state index in [9.17, 15) is 9.18 Å². The fourth-order valence-corrected chi connectivity index (χ4v) is 4.93. The molecule has 0 aliphatic carbocycles. The van der Waals surface area contributed by atoms with E-state index in [-0.39, 0.29) is 11.7 Å². The van der Waals surface area contributed by atoms with E-state index in [4.69, 9.17) is 23.9 Å². The first-order chi connectivity index (χ1) is 19.1. The Kier molecular flexibility index (Phi) is 10.8. The Morgan fingerprint density at radius 3 is 2.49 bits per heavy atom. The van der Waals surface area contributed by atoms with Gasteiger partial charge in [0.05, 0.1) is 48.8 Å². The van der Waals surface area contributed by atoms with Gasteiger partial charge < -0.3 is 24.3 Å². The Labute approximate surface area is 231 Å². The number of aryl methyl sites for hydroxylation is 1. The van der Waals surface area contributed by atoms with Gasteiger partial charge in [0.15, 0.2) is 0 Å². The van der Waals surface area contributed by atoms with Crippen LogP contribution >= 0.6 is 11.3 Å². The summed E-state index contributed by atoms with van der Waals surface area (Å²) in [6.45, 7) is 4.66. The Morgan fingerprint density at radius 2 is 1.72 bits per heavy atom. The summed E-state index contributed by atoms with van der Waals surface area (Å²) in [5.74, 6) is -0.0338. The van der Waals surface area contributed by atoms with Gasteiger partial charge in [-0.1, -0.05) is 25.5 Å². The number of methoxy groups -OCH3 is 1. The molecule has 39 heavy (non-hydrogen) atoms. The molecule has 9 heteroatoms. The van der Waals surface area contributed by atoms with E-state index < -0.39 is 0 Å². The fraction of sp³-hybridized carbons (Fsp3) is 0.333. The molecule has 7 nitrogen and oxygen atoms in total. The van der Waals surface area contributed by atoms with Crippen LogP contribution in [0.5, 0.6) is 5.75 Å². The van der Waals surface area contributed by atoms with E-state index in [2.05, 4.69) is 5.32 Å². The normalized spacial score (nSPS) is 11.2. The summed E-state index contributed by atoms with van der Waals surface area (Å²) < 4.78 is 37.2. The number of para-hydroxylation sites is 1. The van der Waals surface area contributed by atoms with Gasteiger partial charge >= 0.3 is 0 Å². The van der Waals surface area contributed by atoms with Crippen molar-refractivity contribution in [1.82, 2.24) is 4.98 Å². The van der Waals surface area contributed by atoms with Crippen LogP contribution in [0, 0.1) is 5.82 Å². The quantitative estimate of drug-likeness (QED) is 0.173. The maximum Gasteiger partial charge on any atom is 0.255 e. The second-order valence-electron chi connectivity index (χ2n) is 8.77. The smallest absolute Gasteiger partial charge is 0.255 e. The molecule has 1 N–H and O–H groups in total. The van der Waals surface area contributed by atoms with Crippen LogP contribution in [0.2, 0.25) is 0 Å². The average molecular weight is 553 g/mol. The zero-order valence-corrected chi connectivity index (χ0v) is 23.0. The lowest BCUT2D eigenvalue weighted by Gasteiger charge is -2.14. The van der Waals surface area contributed by atoms with Crippen molar-refractivity contribution >= 4 is 33.1 Å². The molecular formula is C30H33FN2O5S. The number of fused-ring (bicyclic) bond motifs is 1. The Bertz CT molecular complexity index is 1340. The molecule has 206 valence electrons. The van der Waals surface area contributed by atoms with Gasteiger partial charge in [0.2, 0.25) is 0 Å². The van der Waals surface area contributed by atoms with Crippen LogP contribution in [0.25, 0.3) is 20.8 Å². The number of benzene rings is 3. The molecule has 0 bridgehead atoms. The summed E-state index contributed by atoms with van der Waals surface area (Å²) in [5, 5.41) is 3.73. The molecule has 0 fully saturated rings. The number of halogens is 1. The van der Waals surface area contributed by atoms with E-state index in [0.29, 0.717) is 68.6 Å². The third-order valence-corrected chi connectivity index (χ3v) is 6.95. The van der Waals surface area contributed by atoms with E-state index in [1.54, 1.807) is 30.6 Å². The van der Waals surface area contributed by atoms with Gasteiger partial charge in [0.1, 0.15) is 23.2 Å². The molecule has 0 saturated heterocycles. The van der Waals surface area contributed by atoms with Gasteiger partial charge in [-0.3, -0.25) is 4.79 Å². The Morgan fingerprint density at radius 1 is 0.949 bits per heavy atom. The molecule has 0 spiro atoms. The van der Waals surface area contributed by atoms with E-state index in [0.717, 1.165) is 27.2 Å². The zero-order chi connectivity index (χ0) is 27.5. The number of amides is 1. The van der Waals surface area contributed by atoms with Crippen LogP contribution in [0.15, 0.2) is 60.7 Å². The van der Waals surface area contributed by atoms with Crippen LogP contribution in [0.4, 0.5) is 10.1 Å². The number of carbonyl (C=O) groups excluding carboxylic acids is 1. The summed E-state index contributed by atoms with van der Waals surface area (Å²) in [7, 11) is 1.63. The lowest BCUT2D eigenvalue weighted by Crippen LogP contribution is -2.14. The first-order valence-electron chi connectivity index (χ1n) is 13.0. The van der Waals surface area contributed by atoms with Crippen LogP contribution in [0.3, 0.4) is 0 Å². The summed E-state index contributed by atoms with van der Waals surface area (Å²) >= 11 is 1.57. The van der Waals surface area contributed by atoms with Gasteiger partial charge in [-0.25, -0.2) is 9.37 Å². The number of hydrogen-bond donors (Lipinski definition) is 1. The van der Waals surface area contributed by atoms with E-state index in [1.165, 1.54) is 12.1 Å². The number of thiazole rings is 1. The number of carbonyl (C=O) groups is 1. The van der Waals surface area contributed by atoms with Gasteiger partial charge in [-0.2, -0.15) is 0 Å². The third kappa shape index (κ3) is 8.06. The van der Waals surface area contributed by atoms with Crippen molar-refractivity contribution in [2.45, 2.75) is 19.8 Å². The molecular weight excluding hydrogens is 519 g/mol. The highest BCUT2D eigenvalue weighted by Crippen LogP contribution is 2.37. The number of ether oxygens (including phenoxy) is 4. The Hall–Kier alpha value is -3.37. The largest absolute Gasteiger partial charge is 0.490 e. The summed E-state index contributed by atoms with van der Waals surface area (Å²) in [6, 6.07) is 17.9. The minimum atomic E-state index is -0.317. The van der Waals surface area contributed by atoms with Crippen molar-refractivity contribution in [3.05, 3.63) is 77.6 Å². The molecule has 1 aromatic heterocycles. The molecule has 0 radical (unpaired) electrons. The number of nitrogens with zero attached hydrogens (tertiary/aromatic N) is 1. The zero-order valence-electron chi connectivity index (χ0n) is 22.2. The molecule has 0 aliphatic heterocycles. The fourth-order valence-electron chi connectivity index (χ4n) is 3.94. The first kappa shape index (κ1) is 28.6. The summed E-state index contributed by atoms with van der Waals surface area (Å²) in [4.78, 5) is 17.7. The van der Waals surface area contributed by atoms with Crippen molar-refractivity contribution in [2.75, 3.05) is 52.1 Å². The van der Waals surface area contributed by atoms with Crippen molar-refractivity contribution in [2.24, 2.45) is 0 Å². The molecule has 3 aromatic carbocycles. The minimum Gasteiger partial charge on any atom is -0.490 e. The number of aromatic nitrogens is 1. The number of rotatable bonds is 15. The van der Waals surface area contributed by atoms with Crippen molar-refractivity contribution in [3.63, 3.8) is 0 Å². The number of nitrogens with one attached hydrogen (secondary N) is 1. The standard InChI is InChI=1S/C30H33FN2O5S/c1-3-6-21-19-22(9-12-25(21)31)29(34)32-23-10-11-24(30-33-26-7-4-5-8-28(26)39-30)27(20-23)38-18-17-37-16-15-36-14-13-35-2/h4-5,7-12,19-20H,3,6,13-18H2,1-2H3,(H,32,34).